The number of methoxy groups -OCH3 is 1. The second-order valence-electron chi connectivity index (χ2n) is 7.14. The monoisotopic (exact) mass is 418 g/mol. The van der Waals surface area contributed by atoms with Crippen molar-refractivity contribution < 1.29 is 18.7 Å². The second-order valence-corrected chi connectivity index (χ2v) is 7.14. The summed E-state index contributed by atoms with van der Waals surface area (Å²) in [4.78, 5) is 25.6. The standard InChI is InChI=1S/C23H19FN4O3/c1-3-31-22(29)23(13-8-9-18(30-2)16(24)10-13)15-11-25-21-19(15)20(26-12-27-21)14-6-4-5-7-17(14)28-23/h4-12,28H,3H2,1-2H3,(H,25,26,27). The van der Waals surface area contributed by atoms with Gasteiger partial charge in [0.05, 0.1) is 24.8 Å². The molecule has 7 nitrogen and oxygen atoms in total. The summed E-state index contributed by atoms with van der Waals surface area (Å²) in [6, 6.07) is 12.0. The largest absolute Gasteiger partial charge is 0.494 e. The summed E-state index contributed by atoms with van der Waals surface area (Å²) in [7, 11) is 1.39. The van der Waals surface area contributed by atoms with E-state index < -0.39 is 17.3 Å². The molecule has 156 valence electrons. The number of fused-ring (bicyclic) bond motifs is 2. The van der Waals surface area contributed by atoms with Gasteiger partial charge in [-0.2, -0.15) is 0 Å². The number of carbonyl (C=O) groups excluding carboxylic acids is 1. The Morgan fingerprint density at radius 1 is 1.19 bits per heavy atom. The fourth-order valence-electron chi connectivity index (χ4n) is 4.18. The van der Waals surface area contributed by atoms with Crippen molar-refractivity contribution in [3.63, 3.8) is 0 Å². The number of carbonyl (C=O) groups is 1. The first-order chi connectivity index (χ1) is 15.1. The first-order valence-electron chi connectivity index (χ1n) is 9.81. The molecule has 1 unspecified atom stereocenters. The van der Waals surface area contributed by atoms with E-state index in [4.69, 9.17) is 9.47 Å². The highest BCUT2D eigenvalue weighted by molar-refractivity contribution is 6.06. The SMILES string of the molecule is CCOC(=O)C1(c2ccc(OC)c(F)c2)Nc2ccccc2-c2ncnc3[nH]cc1c23. The number of aromatic nitrogens is 3. The van der Waals surface area contributed by atoms with E-state index in [1.165, 1.54) is 25.6 Å². The third-order valence-corrected chi connectivity index (χ3v) is 5.54. The number of nitrogens with one attached hydrogen (secondary N) is 2. The minimum atomic E-state index is -1.53. The maximum absolute atomic E-state index is 14.8. The van der Waals surface area contributed by atoms with Gasteiger partial charge in [0.1, 0.15) is 12.0 Å². The predicted octanol–water partition coefficient (Wildman–Crippen LogP) is 4.00. The number of hydrogen-bond donors (Lipinski definition) is 2. The van der Waals surface area contributed by atoms with Gasteiger partial charge in [0.2, 0.25) is 0 Å². The van der Waals surface area contributed by atoms with E-state index >= 15 is 0 Å². The van der Waals surface area contributed by atoms with E-state index in [9.17, 15) is 9.18 Å². The van der Waals surface area contributed by atoms with Crippen LogP contribution in [0.2, 0.25) is 0 Å². The highest BCUT2D eigenvalue weighted by atomic mass is 19.1. The number of ether oxygens (including phenoxy) is 2. The van der Waals surface area contributed by atoms with Gasteiger partial charge < -0.3 is 19.8 Å². The molecular weight excluding hydrogens is 399 g/mol. The number of H-pyrrole nitrogens is 1. The number of hydrogen-bond acceptors (Lipinski definition) is 6. The van der Waals surface area contributed by atoms with Crippen LogP contribution in [0.5, 0.6) is 5.75 Å². The number of benzene rings is 2. The molecule has 0 spiro atoms. The number of para-hydroxylation sites is 1. The molecule has 1 aliphatic heterocycles. The lowest BCUT2D eigenvalue weighted by molar-refractivity contribution is -0.147. The number of esters is 1. The van der Waals surface area contributed by atoms with Crippen LogP contribution in [-0.4, -0.2) is 34.6 Å². The fourth-order valence-corrected chi connectivity index (χ4v) is 4.18. The topological polar surface area (TPSA) is 89.1 Å². The number of halogens is 1. The van der Waals surface area contributed by atoms with Crippen LogP contribution in [0.15, 0.2) is 55.0 Å². The van der Waals surface area contributed by atoms with Crippen LogP contribution >= 0.6 is 0 Å². The molecule has 8 heteroatoms. The van der Waals surface area contributed by atoms with Crippen LogP contribution < -0.4 is 10.1 Å². The molecular formula is C23H19FN4O3. The number of anilines is 1. The molecule has 0 amide bonds. The Hall–Kier alpha value is -3.94. The van der Waals surface area contributed by atoms with E-state index in [2.05, 4.69) is 20.3 Å². The van der Waals surface area contributed by atoms with Gasteiger partial charge in [0.25, 0.3) is 0 Å². The van der Waals surface area contributed by atoms with E-state index in [0.717, 1.165) is 5.56 Å². The van der Waals surface area contributed by atoms with E-state index in [1.807, 2.05) is 24.3 Å². The Kier molecular flexibility index (Phi) is 4.35. The zero-order valence-corrected chi connectivity index (χ0v) is 16.9. The second kappa shape index (κ2) is 7.09. The van der Waals surface area contributed by atoms with E-state index in [0.29, 0.717) is 33.5 Å². The van der Waals surface area contributed by atoms with Crippen LogP contribution in [0.4, 0.5) is 10.1 Å². The van der Waals surface area contributed by atoms with Crippen molar-refractivity contribution in [1.29, 1.82) is 0 Å². The number of rotatable bonds is 4. The van der Waals surface area contributed by atoms with Crippen LogP contribution in [0, 0.1) is 5.82 Å². The molecule has 0 radical (unpaired) electrons. The molecule has 0 saturated carbocycles. The Morgan fingerprint density at radius 3 is 2.81 bits per heavy atom. The maximum atomic E-state index is 14.8. The quantitative estimate of drug-likeness (QED) is 0.487. The lowest BCUT2D eigenvalue weighted by Crippen LogP contribution is -2.45. The van der Waals surface area contributed by atoms with Crippen molar-refractivity contribution in [1.82, 2.24) is 15.0 Å². The zero-order valence-electron chi connectivity index (χ0n) is 16.9. The average molecular weight is 418 g/mol. The highest BCUT2D eigenvalue weighted by Gasteiger charge is 2.48. The maximum Gasteiger partial charge on any atom is 0.341 e. The summed E-state index contributed by atoms with van der Waals surface area (Å²) < 4.78 is 25.4. The smallest absolute Gasteiger partial charge is 0.341 e. The van der Waals surface area contributed by atoms with Gasteiger partial charge in [-0.1, -0.05) is 24.3 Å². The number of nitrogens with zero attached hydrogens (tertiary/aromatic N) is 2. The Morgan fingerprint density at radius 2 is 2.03 bits per heavy atom. The van der Waals surface area contributed by atoms with Gasteiger partial charge in [-0.25, -0.2) is 19.2 Å². The zero-order chi connectivity index (χ0) is 21.6. The Bertz CT molecular complexity index is 1320. The first-order valence-corrected chi connectivity index (χ1v) is 9.81. The van der Waals surface area contributed by atoms with Crippen molar-refractivity contribution >= 4 is 22.7 Å². The van der Waals surface area contributed by atoms with Crippen LogP contribution in [0.25, 0.3) is 22.3 Å². The van der Waals surface area contributed by atoms with Gasteiger partial charge in [-0.05, 0) is 30.7 Å². The Labute approximate surface area is 177 Å². The molecule has 2 aromatic heterocycles. The molecule has 5 rings (SSSR count). The molecule has 0 aliphatic carbocycles. The number of aromatic amines is 1. The lowest BCUT2D eigenvalue weighted by Gasteiger charge is -2.33. The van der Waals surface area contributed by atoms with Crippen LogP contribution in [-0.2, 0) is 15.1 Å². The summed E-state index contributed by atoms with van der Waals surface area (Å²) in [6.45, 7) is 1.89. The summed E-state index contributed by atoms with van der Waals surface area (Å²) >= 11 is 0. The van der Waals surface area contributed by atoms with Crippen molar-refractivity contribution in [2.24, 2.45) is 0 Å². The molecule has 0 bridgehead atoms. The van der Waals surface area contributed by atoms with E-state index in [1.54, 1.807) is 19.2 Å². The van der Waals surface area contributed by atoms with Crippen molar-refractivity contribution in [2.75, 3.05) is 19.0 Å². The van der Waals surface area contributed by atoms with Gasteiger partial charge in [-0.15, -0.1) is 0 Å². The third-order valence-electron chi connectivity index (χ3n) is 5.54. The van der Waals surface area contributed by atoms with Gasteiger partial charge in [0, 0.05) is 23.0 Å². The molecule has 2 aromatic carbocycles. The highest BCUT2D eigenvalue weighted by Crippen LogP contribution is 2.46. The summed E-state index contributed by atoms with van der Waals surface area (Å²) in [6.07, 6.45) is 3.17. The molecule has 0 fully saturated rings. The fraction of sp³-hybridized carbons (Fsp3) is 0.174. The van der Waals surface area contributed by atoms with Crippen LogP contribution in [0.3, 0.4) is 0 Å². The van der Waals surface area contributed by atoms with Crippen molar-refractivity contribution in [2.45, 2.75) is 12.5 Å². The van der Waals surface area contributed by atoms with Gasteiger partial charge >= 0.3 is 5.97 Å². The van der Waals surface area contributed by atoms with Crippen LogP contribution in [0.1, 0.15) is 18.1 Å². The minimum absolute atomic E-state index is 0.0831. The minimum Gasteiger partial charge on any atom is -0.494 e. The summed E-state index contributed by atoms with van der Waals surface area (Å²) in [5, 5.41) is 4.03. The lowest BCUT2D eigenvalue weighted by atomic mass is 9.82. The molecule has 1 atom stereocenters. The molecule has 1 aliphatic rings. The normalized spacial score (nSPS) is 16.9. The predicted molar refractivity (Wildman–Crippen MR) is 113 cm³/mol. The first kappa shape index (κ1) is 19.0. The molecule has 2 N–H and O–H groups in total. The Balaban J connectivity index is 1.91. The summed E-state index contributed by atoms with van der Waals surface area (Å²) in [5.74, 6) is -1.06. The molecule has 0 saturated heterocycles. The third kappa shape index (κ3) is 2.68. The molecule has 4 aromatic rings. The average Bonchev–Trinajstić information content (AvgIpc) is 3.17. The summed E-state index contributed by atoms with van der Waals surface area (Å²) in [5.41, 5.74) is 2.10. The molecule has 31 heavy (non-hydrogen) atoms. The van der Waals surface area contributed by atoms with Crippen molar-refractivity contribution in [3.8, 4) is 17.0 Å². The molecule has 3 heterocycles. The van der Waals surface area contributed by atoms with Crippen molar-refractivity contribution in [3.05, 3.63) is 71.9 Å². The van der Waals surface area contributed by atoms with Gasteiger partial charge in [0.15, 0.2) is 17.1 Å². The van der Waals surface area contributed by atoms with Gasteiger partial charge in [-0.3, -0.25) is 0 Å². The van der Waals surface area contributed by atoms with E-state index in [-0.39, 0.29) is 12.4 Å².